The van der Waals surface area contributed by atoms with Crippen molar-refractivity contribution in [3.05, 3.63) is 120 Å². The van der Waals surface area contributed by atoms with Gasteiger partial charge >= 0.3 is 0 Å². The molecule has 0 N–H and O–H groups in total. The summed E-state index contributed by atoms with van der Waals surface area (Å²) in [6.07, 6.45) is 5.69. The molecule has 6 atom stereocenters. The van der Waals surface area contributed by atoms with Crippen LogP contribution < -0.4 is 0 Å². The van der Waals surface area contributed by atoms with E-state index >= 15 is 0 Å². The third kappa shape index (κ3) is 7.97. The van der Waals surface area contributed by atoms with Gasteiger partial charge in [-0.2, -0.15) is 0 Å². The molecule has 0 amide bonds. The predicted octanol–water partition coefficient (Wildman–Crippen LogP) is 7.83. The molecular weight excluding hydrogens is 524 g/mol. The molecule has 3 aromatic rings. The zero-order valence-electron chi connectivity index (χ0n) is 25.2. The molecule has 224 valence electrons. The van der Waals surface area contributed by atoms with Gasteiger partial charge in [-0.1, -0.05) is 97.1 Å². The molecule has 2 heterocycles. The van der Waals surface area contributed by atoms with Gasteiger partial charge in [-0.05, 0) is 56.2 Å². The number of rotatable bonds is 13. The van der Waals surface area contributed by atoms with Crippen LogP contribution in [-0.2, 0) is 43.5 Å². The Morgan fingerprint density at radius 2 is 1.36 bits per heavy atom. The summed E-state index contributed by atoms with van der Waals surface area (Å²) in [6.45, 7) is 10.8. The maximum atomic E-state index is 6.98. The Morgan fingerprint density at radius 1 is 0.786 bits per heavy atom. The molecule has 5 rings (SSSR count). The van der Waals surface area contributed by atoms with E-state index in [1.807, 2.05) is 60.7 Å². The SMILES string of the molecule is C=C[C@@]1(C)O[C@H]2C[C@@H](OCc3ccccc3)[C@H](CCCOCc3ccccc3)O[C@]2(C)CC[C@@H]1OCc1ccccc1. The quantitative estimate of drug-likeness (QED) is 0.155. The van der Waals surface area contributed by atoms with Crippen molar-refractivity contribution in [1.82, 2.24) is 0 Å². The van der Waals surface area contributed by atoms with E-state index in [9.17, 15) is 0 Å². The molecule has 0 unspecified atom stereocenters. The van der Waals surface area contributed by atoms with Crippen molar-refractivity contribution in [1.29, 1.82) is 0 Å². The first kappa shape index (κ1) is 30.7. The molecule has 0 bridgehead atoms. The maximum absolute atomic E-state index is 6.98. The lowest BCUT2D eigenvalue weighted by Crippen LogP contribution is -2.57. The molecule has 0 aliphatic carbocycles. The van der Waals surface area contributed by atoms with E-state index in [4.69, 9.17) is 23.7 Å². The van der Waals surface area contributed by atoms with Gasteiger partial charge in [0.15, 0.2) is 0 Å². The molecule has 5 nitrogen and oxygen atoms in total. The summed E-state index contributed by atoms with van der Waals surface area (Å²) < 4.78 is 32.9. The molecular formula is C37H46O5. The Labute approximate surface area is 251 Å². The summed E-state index contributed by atoms with van der Waals surface area (Å²) >= 11 is 0. The van der Waals surface area contributed by atoms with Gasteiger partial charge in [-0.25, -0.2) is 0 Å². The molecule has 0 aromatic heterocycles. The second-order valence-corrected chi connectivity index (χ2v) is 12.0. The first-order valence-electron chi connectivity index (χ1n) is 15.4. The first-order valence-corrected chi connectivity index (χ1v) is 15.4. The number of fused-ring (bicyclic) bond motifs is 1. The van der Waals surface area contributed by atoms with Crippen molar-refractivity contribution >= 4 is 0 Å². The molecule has 42 heavy (non-hydrogen) atoms. The highest BCUT2D eigenvalue weighted by Crippen LogP contribution is 2.44. The lowest BCUT2D eigenvalue weighted by atomic mass is 9.84. The second-order valence-electron chi connectivity index (χ2n) is 12.0. The average Bonchev–Trinajstić information content (AvgIpc) is 3.13. The van der Waals surface area contributed by atoms with Crippen LogP contribution in [0.2, 0.25) is 0 Å². The van der Waals surface area contributed by atoms with Crippen molar-refractivity contribution in [3.8, 4) is 0 Å². The van der Waals surface area contributed by atoms with Crippen LogP contribution in [0, 0.1) is 0 Å². The predicted molar refractivity (Wildman–Crippen MR) is 166 cm³/mol. The number of hydrogen-bond donors (Lipinski definition) is 0. The monoisotopic (exact) mass is 570 g/mol. The van der Waals surface area contributed by atoms with Gasteiger partial charge in [-0.3, -0.25) is 0 Å². The summed E-state index contributed by atoms with van der Waals surface area (Å²) in [6, 6.07) is 30.9. The van der Waals surface area contributed by atoms with E-state index in [0.717, 1.165) is 43.2 Å². The van der Waals surface area contributed by atoms with Crippen molar-refractivity contribution in [2.24, 2.45) is 0 Å². The van der Waals surface area contributed by atoms with Gasteiger partial charge in [0, 0.05) is 13.0 Å². The van der Waals surface area contributed by atoms with Gasteiger partial charge in [0.05, 0.1) is 49.8 Å². The molecule has 5 heteroatoms. The number of hydrogen-bond acceptors (Lipinski definition) is 5. The maximum Gasteiger partial charge on any atom is 0.110 e. The second kappa shape index (κ2) is 14.6. The summed E-state index contributed by atoms with van der Waals surface area (Å²) in [5, 5.41) is 0. The highest BCUT2D eigenvalue weighted by Gasteiger charge is 2.53. The summed E-state index contributed by atoms with van der Waals surface area (Å²) in [7, 11) is 0. The Balaban J connectivity index is 1.25. The van der Waals surface area contributed by atoms with E-state index < -0.39 is 11.2 Å². The molecule has 2 fully saturated rings. The Morgan fingerprint density at radius 3 is 1.95 bits per heavy atom. The van der Waals surface area contributed by atoms with E-state index in [1.165, 1.54) is 5.56 Å². The minimum atomic E-state index is -0.636. The van der Waals surface area contributed by atoms with E-state index in [-0.39, 0.29) is 24.4 Å². The molecule has 2 saturated heterocycles. The smallest absolute Gasteiger partial charge is 0.110 e. The lowest BCUT2D eigenvalue weighted by Gasteiger charge is -2.48. The van der Waals surface area contributed by atoms with Gasteiger partial charge in [0.2, 0.25) is 0 Å². The molecule has 2 aliphatic heterocycles. The molecule has 0 spiro atoms. The average molecular weight is 571 g/mol. The summed E-state index contributed by atoms with van der Waals surface area (Å²) in [5.74, 6) is 0. The minimum Gasteiger partial charge on any atom is -0.377 e. The van der Waals surface area contributed by atoms with Crippen LogP contribution in [0.4, 0.5) is 0 Å². The number of ether oxygens (including phenoxy) is 5. The zero-order chi connectivity index (χ0) is 29.3. The topological polar surface area (TPSA) is 46.2 Å². The third-order valence-electron chi connectivity index (χ3n) is 8.80. The van der Waals surface area contributed by atoms with Gasteiger partial charge in [-0.15, -0.1) is 6.58 Å². The third-order valence-corrected chi connectivity index (χ3v) is 8.80. The molecule has 0 saturated carbocycles. The van der Waals surface area contributed by atoms with E-state index in [2.05, 4.69) is 56.8 Å². The van der Waals surface area contributed by atoms with E-state index in [0.29, 0.717) is 26.4 Å². The molecule has 3 aromatic carbocycles. The van der Waals surface area contributed by atoms with Gasteiger partial charge < -0.3 is 23.7 Å². The number of benzene rings is 3. The van der Waals surface area contributed by atoms with Crippen molar-refractivity contribution in [3.63, 3.8) is 0 Å². The van der Waals surface area contributed by atoms with Crippen molar-refractivity contribution in [2.45, 2.75) is 101 Å². The fraction of sp³-hybridized carbons (Fsp3) is 0.459. The Bertz CT molecular complexity index is 1220. The van der Waals surface area contributed by atoms with Crippen LogP contribution >= 0.6 is 0 Å². The van der Waals surface area contributed by atoms with Crippen molar-refractivity contribution < 1.29 is 23.7 Å². The highest BCUT2D eigenvalue weighted by atomic mass is 16.6. The molecule has 0 radical (unpaired) electrons. The summed E-state index contributed by atoms with van der Waals surface area (Å²) in [5.41, 5.74) is 2.41. The van der Waals surface area contributed by atoms with Gasteiger partial charge in [0.25, 0.3) is 0 Å². The Kier molecular flexibility index (Phi) is 10.6. The highest BCUT2D eigenvalue weighted by molar-refractivity contribution is 5.16. The van der Waals surface area contributed by atoms with Crippen LogP contribution in [0.1, 0.15) is 62.6 Å². The minimum absolute atomic E-state index is 0.0457. The lowest BCUT2D eigenvalue weighted by molar-refractivity contribution is -0.259. The van der Waals surface area contributed by atoms with E-state index in [1.54, 1.807) is 0 Å². The molecule has 2 aliphatic rings. The summed E-state index contributed by atoms with van der Waals surface area (Å²) in [4.78, 5) is 0. The zero-order valence-corrected chi connectivity index (χ0v) is 25.2. The van der Waals surface area contributed by atoms with Crippen LogP contribution in [0.25, 0.3) is 0 Å². The first-order chi connectivity index (χ1) is 20.5. The largest absolute Gasteiger partial charge is 0.377 e. The van der Waals surface area contributed by atoms with Crippen LogP contribution in [0.15, 0.2) is 104 Å². The van der Waals surface area contributed by atoms with Crippen molar-refractivity contribution in [2.75, 3.05) is 6.61 Å². The van der Waals surface area contributed by atoms with Crippen LogP contribution in [0.3, 0.4) is 0 Å². The standard InChI is InChI=1S/C37H46O5/c1-4-36(2)34(40-28-31-19-12-7-13-20-31)22-23-37(3)35(42-36)25-33(39-27-30-17-10-6-11-18-30)32(41-37)21-14-24-38-26-29-15-8-5-9-16-29/h4-13,15-20,32-35H,1,14,21-28H2,2-3H3/t32-,33+,34-,35-,36+,37+/m0/s1. The Hall–Kier alpha value is -2.80. The van der Waals surface area contributed by atoms with Crippen LogP contribution in [-0.4, -0.2) is 42.2 Å². The fourth-order valence-electron chi connectivity index (χ4n) is 6.14. The van der Waals surface area contributed by atoms with Gasteiger partial charge in [0.1, 0.15) is 5.60 Å². The normalized spacial score (nSPS) is 29.4. The fourth-order valence-corrected chi connectivity index (χ4v) is 6.14. The van der Waals surface area contributed by atoms with Crippen LogP contribution in [0.5, 0.6) is 0 Å².